The summed E-state index contributed by atoms with van der Waals surface area (Å²) in [4.78, 5) is 9.16. The third-order valence-electron chi connectivity index (χ3n) is 4.61. The first-order valence-corrected chi connectivity index (χ1v) is 9.60. The van der Waals surface area contributed by atoms with Crippen molar-refractivity contribution in [3.63, 3.8) is 0 Å². The predicted molar refractivity (Wildman–Crippen MR) is 109 cm³/mol. The van der Waals surface area contributed by atoms with Crippen molar-refractivity contribution in [2.24, 2.45) is 0 Å². The molecule has 0 saturated heterocycles. The van der Waals surface area contributed by atoms with E-state index in [4.69, 9.17) is 21.1 Å². The fourth-order valence-corrected chi connectivity index (χ4v) is 3.28. The van der Waals surface area contributed by atoms with Crippen LogP contribution in [0.15, 0.2) is 42.5 Å². The molecule has 1 aromatic heterocycles. The van der Waals surface area contributed by atoms with Gasteiger partial charge < -0.3 is 20.1 Å². The molecular weight excluding hydrogens is 395 g/mol. The molecule has 4 rings (SSSR count). The van der Waals surface area contributed by atoms with Crippen LogP contribution < -0.4 is 20.1 Å². The lowest BCUT2D eigenvalue weighted by molar-refractivity contribution is 0.414. The normalized spacial score (nSPS) is 12.9. The minimum atomic E-state index is -0.418. The van der Waals surface area contributed by atoms with Crippen LogP contribution >= 0.6 is 11.6 Å². The zero-order valence-electron chi connectivity index (χ0n) is 15.8. The van der Waals surface area contributed by atoms with Gasteiger partial charge >= 0.3 is 0 Å². The maximum atomic E-state index is 13.3. The second-order valence-electron chi connectivity index (χ2n) is 6.58. The number of fused-ring (bicyclic) bond motifs is 1. The summed E-state index contributed by atoms with van der Waals surface area (Å²) < 4.78 is 24.5. The Balaban J connectivity index is 1.58. The van der Waals surface area contributed by atoms with Gasteiger partial charge in [0.2, 0.25) is 11.8 Å². The monoisotopic (exact) mass is 414 g/mol. The highest BCUT2D eigenvalue weighted by Gasteiger charge is 2.20. The quantitative estimate of drug-likeness (QED) is 0.625. The molecule has 0 amide bonds. The first kappa shape index (κ1) is 19.4. The first-order chi connectivity index (χ1) is 14.1. The summed E-state index contributed by atoms with van der Waals surface area (Å²) in [6.07, 6.45) is 0.738. The lowest BCUT2D eigenvalue weighted by atomic mass is 10.1. The Bertz CT molecular complexity index is 1010. The molecule has 0 radical (unpaired) electrons. The molecule has 3 aromatic rings. The van der Waals surface area contributed by atoms with Gasteiger partial charge in [0, 0.05) is 18.7 Å². The molecule has 1 aliphatic heterocycles. The van der Waals surface area contributed by atoms with Crippen molar-refractivity contribution < 1.29 is 13.9 Å². The zero-order chi connectivity index (χ0) is 20.2. The van der Waals surface area contributed by atoms with E-state index in [0.29, 0.717) is 30.7 Å². The van der Waals surface area contributed by atoms with Crippen LogP contribution in [0.4, 0.5) is 10.3 Å². The van der Waals surface area contributed by atoms with Crippen molar-refractivity contribution in [2.75, 3.05) is 19.0 Å². The number of anilines is 1. The number of hydrogen-bond donors (Lipinski definition) is 2. The number of aromatic nitrogens is 2. The third-order valence-corrected chi connectivity index (χ3v) is 4.90. The number of methoxy groups -OCH3 is 1. The summed E-state index contributed by atoms with van der Waals surface area (Å²) >= 11 is 6.12. The molecule has 0 saturated carbocycles. The van der Waals surface area contributed by atoms with Crippen molar-refractivity contribution in [1.82, 2.24) is 15.3 Å². The zero-order valence-corrected chi connectivity index (χ0v) is 16.6. The van der Waals surface area contributed by atoms with E-state index in [1.165, 1.54) is 18.2 Å². The summed E-state index contributed by atoms with van der Waals surface area (Å²) in [5.74, 6) is 1.63. The average molecular weight is 415 g/mol. The minimum absolute atomic E-state index is 0.194. The van der Waals surface area contributed by atoms with E-state index in [2.05, 4.69) is 20.6 Å². The van der Waals surface area contributed by atoms with Crippen LogP contribution in [0.25, 0.3) is 0 Å². The lowest BCUT2D eigenvalue weighted by Gasteiger charge is -2.20. The fourth-order valence-electron chi connectivity index (χ4n) is 3.08. The number of ether oxygens (including phenoxy) is 2. The van der Waals surface area contributed by atoms with Crippen molar-refractivity contribution in [3.05, 3.63) is 70.1 Å². The second-order valence-corrected chi connectivity index (χ2v) is 6.99. The summed E-state index contributed by atoms with van der Waals surface area (Å²) in [6, 6.07) is 11.8. The maximum absolute atomic E-state index is 13.3. The fraction of sp³-hybridized carbons (Fsp3) is 0.238. The molecule has 29 heavy (non-hydrogen) atoms. The average Bonchev–Trinajstić information content (AvgIpc) is 2.74. The Morgan fingerprint density at radius 1 is 1.17 bits per heavy atom. The standard InChI is InChI=1S/C21H20ClFN4O2/c1-28-15-5-2-13(3-6-15)11-25-21-26-18-12-24-9-8-16(18)20(27-21)29-19-7-4-14(23)10-17(19)22/h2-7,10,24H,8-9,11-12H2,1H3,(H,25,26,27). The Labute approximate surface area is 173 Å². The molecule has 6 nitrogen and oxygen atoms in total. The lowest BCUT2D eigenvalue weighted by Crippen LogP contribution is -2.26. The van der Waals surface area contributed by atoms with Crippen molar-refractivity contribution >= 4 is 17.5 Å². The Hall–Kier alpha value is -2.90. The van der Waals surface area contributed by atoms with Gasteiger partial charge in [0.05, 0.1) is 17.8 Å². The van der Waals surface area contributed by atoms with E-state index in [1.807, 2.05) is 24.3 Å². The van der Waals surface area contributed by atoms with Crippen LogP contribution in [0.3, 0.4) is 0 Å². The van der Waals surface area contributed by atoms with Gasteiger partial charge in [-0.25, -0.2) is 9.37 Å². The van der Waals surface area contributed by atoms with E-state index >= 15 is 0 Å². The first-order valence-electron chi connectivity index (χ1n) is 9.22. The molecule has 2 heterocycles. The van der Waals surface area contributed by atoms with Crippen molar-refractivity contribution in [2.45, 2.75) is 19.5 Å². The van der Waals surface area contributed by atoms with Gasteiger partial charge in [0.15, 0.2) is 0 Å². The van der Waals surface area contributed by atoms with E-state index in [9.17, 15) is 4.39 Å². The Kier molecular flexibility index (Phi) is 5.78. The highest BCUT2D eigenvalue weighted by atomic mass is 35.5. The molecule has 0 atom stereocenters. The van der Waals surface area contributed by atoms with Crippen LogP contribution in [0, 0.1) is 5.82 Å². The number of halogens is 2. The van der Waals surface area contributed by atoms with Gasteiger partial charge in [0.25, 0.3) is 0 Å². The van der Waals surface area contributed by atoms with E-state index in [1.54, 1.807) is 7.11 Å². The molecule has 0 aliphatic carbocycles. The minimum Gasteiger partial charge on any atom is -0.497 e. The van der Waals surface area contributed by atoms with Gasteiger partial charge in [-0.05, 0) is 48.9 Å². The van der Waals surface area contributed by atoms with Gasteiger partial charge in [0.1, 0.15) is 17.3 Å². The largest absolute Gasteiger partial charge is 0.497 e. The number of hydrogen-bond acceptors (Lipinski definition) is 6. The molecule has 8 heteroatoms. The smallest absolute Gasteiger partial charge is 0.227 e. The van der Waals surface area contributed by atoms with Gasteiger partial charge in [-0.15, -0.1) is 0 Å². The third kappa shape index (κ3) is 4.58. The van der Waals surface area contributed by atoms with Crippen LogP contribution in [0.1, 0.15) is 16.8 Å². The highest BCUT2D eigenvalue weighted by molar-refractivity contribution is 6.32. The molecule has 1 aliphatic rings. The molecule has 0 bridgehead atoms. The van der Waals surface area contributed by atoms with Crippen LogP contribution in [0.2, 0.25) is 5.02 Å². The SMILES string of the molecule is COc1ccc(CNc2nc3c(c(Oc4ccc(F)cc4Cl)n2)CCNC3)cc1. The van der Waals surface area contributed by atoms with E-state index < -0.39 is 5.82 Å². The predicted octanol–water partition coefficient (Wildman–Crippen LogP) is 4.33. The van der Waals surface area contributed by atoms with Gasteiger partial charge in [-0.1, -0.05) is 23.7 Å². The summed E-state index contributed by atoms with van der Waals surface area (Å²) in [6.45, 7) is 1.98. The number of rotatable bonds is 6. The van der Waals surface area contributed by atoms with Crippen molar-refractivity contribution in [3.8, 4) is 17.4 Å². The molecule has 2 N–H and O–H groups in total. The molecule has 0 unspecified atom stereocenters. The van der Waals surface area contributed by atoms with Crippen molar-refractivity contribution in [1.29, 1.82) is 0 Å². The van der Waals surface area contributed by atoms with Crippen LogP contribution in [0.5, 0.6) is 17.4 Å². The summed E-state index contributed by atoms with van der Waals surface area (Å²) in [5.41, 5.74) is 2.87. The number of nitrogens with one attached hydrogen (secondary N) is 2. The Morgan fingerprint density at radius 2 is 2.00 bits per heavy atom. The molecule has 2 aromatic carbocycles. The number of benzene rings is 2. The maximum Gasteiger partial charge on any atom is 0.227 e. The molecule has 0 fully saturated rings. The van der Waals surface area contributed by atoms with Gasteiger partial charge in [-0.2, -0.15) is 4.98 Å². The molecule has 0 spiro atoms. The van der Waals surface area contributed by atoms with Crippen LogP contribution in [-0.4, -0.2) is 23.6 Å². The highest BCUT2D eigenvalue weighted by Crippen LogP contribution is 2.33. The topological polar surface area (TPSA) is 68.3 Å². The van der Waals surface area contributed by atoms with E-state index in [0.717, 1.165) is 35.5 Å². The Morgan fingerprint density at radius 3 is 2.76 bits per heavy atom. The summed E-state index contributed by atoms with van der Waals surface area (Å²) in [7, 11) is 1.64. The van der Waals surface area contributed by atoms with Crippen LogP contribution in [-0.2, 0) is 19.5 Å². The van der Waals surface area contributed by atoms with Gasteiger partial charge in [-0.3, -0.25) is 0 Å². The van der Waals surface area contributed by atoms with E-state index in [-0.39, 0.29) is 5.02 Å². The second kappa shape index (κ2) is 8.63. The number of nitrogens with zero attached hydrogens (tertiary/aromatic N) is 2. The molecular formula is C21H20ClFN4O2. The summed E-state index contributed by atoms with van der Waals surface area (Å²) in [5, 5.41) is 6.73. The molecule has 150 valence electrons.